The third kappa shape index (κ3) is 3.55. The molecule has 0 bridgehead atoms. The van der Waals surface area contributed by atoms with Crippen LogP contribution in [-0.4, -0.2) is 25.0 Å². The second-order valence-corrected chi connectivity index (χ2v) is 6.68. The first-order valence-electron chi connectivity index (χ1n) is 7.23. The molecule has 0 aliphatic carbocycles. The molecule has 1 heterocycles. The van der Waals surface area contributed by atoms with Gasteiger partial charge in [-0.1, -0.05) is 27.5 Å². The summed E-state index contributed by atoms with van der Waals surface area (Å²) in [6, 6.07) is 10.5. The summed E-state index contributed by atoms with van der Waals surface area (Å²) in [5, 5.41) is 3.27. The molecule has 1 aliphatic heterocycles. The predicted octanol–water partition coefficient (Wildman–Crippen LogP) is 3.78. The zero-order valence-electron chi connectivity index (χ0n) is 12.8. The summed E-state index contributed by atoms with van der Waals surface area (Å²) in [5.74, 6) is -0.0453. The van der Waals surface area contributed by atoms with Gasteiger partial charge in [-0.05, 0) is 48.9 Å². The topological polar surface area (TPSA) is 58.6 Å². The average molecular weight is 410 g/mol. The van der Waals surface area contributed by atoms with Gasteiger partial charge in [-0.25, -0.2) is 0 Å². The quantitative estimate of drug-likeness (QED) is 0.839. The van der Waals surface area contributed by atoms with Crippen LogP contribution in [0.1, 0.15) is 5.56 Å². The number of carbonyl (C=O) groups excluding carboxylic acids is 2. The Hall–Kier alpha value is -2.05. The van der Waals surface area contributed by atoms with Crippen LogP contribution in [0.4, 0.5) is 11.4 Å². The van der Waals surface area contributed by atoms with Gasteiger partial charge in [0.25, 0.3) is 5.91 Å². The Balaban J connectivity index is 1.77. The number of carbonyl (C=O) groups is 2. The van der Waals surface area contributed by atoms with Crippen molar-refractivity contribution in [1.29, 1.82) is 0 Å². The minimum absolute atomic E-state index is 0.0979. The number of halogens is 2. The maximum Gasteiger partial charge on any atom is 0.265 e. The van der Waals surface area contributed by atoms with E-state index in [4.69, 9.17) is 16.3 Å². The molecule has 2 aromatic rings. The molecular weight excluding hydrogens is 396 g/mol. The van der Waals surface area contributed by atoms with E-state index in [9.17, 15) is 9.59 Å². The third-order valence-corrected chi connectivity index (χ3v) is 4.73. The van der Waals surface area contributed by atoms with Gasteiger partial charge in [-0.15, -0.1) is 0 Å². The van der Waals surface area contributed by atoms with E-state index in [2.05, 4.69) is 21.2 Å². The second-order valence-electron chi connectivity index (χ2n) is 5.39. The number of hydrogen-bond donors (Lipinski definition) is 1. The van der Waals surface area contributed by atoms with Crippen molar-refractivity contribution >= 4 is 50.7 Å². The number of ether oxygens (including phenoxy) is 1. The molecule has 2 amide bonds. The Morgan fingerprint density at radius 3 is 2.88 bits per heavy atom. The van der Waals surface area contributed by atoms with E-state index >= 15 is 0 Å². The van der Waals surface area contributed by atoms with E-state index < -0.39 is 0 Å². The summed E-state index contributed by atoms with van der Waals surface area (Å²) in [7, 11) is 0. The Morgan fingerprint density at radius 2 is 2.12 bits per heavy atom. The van der Waals surface area contributed by atoms with Gasteiger partial charge in [0.15, 0.2) is 6.61 Å². The summed E-state index contributed by atoms with van der Waals surface area (Å²) in [5.41, 5.74) is 2.18. The molecule has 0 saturated heterocycles. The molecule has 0 saturated carbocycles. The first-order valence-corrected chi connectivity index (χ1v) is 8.40. The van der Waals surface area contributed by atoms with Gasteiger partial charge in [0.2, 0.25) is 5.91 Å². The number of amides is 2. The van der Waals surface area contributed by atoms with Gasteiger partial charge < -0.3 is 10.1 Å². The number of fused-ring (bicyclic) bond motifs is 1. The molecule has 0 unspecified atom stereocenters. The Morgan fingerprint density at radius 1 is 1.33 bits per heavy atom. The maximum absolute atomic E-state index is 12.3. The first kappa shape index (κ1) is 16.8. The van der Waals surface area contributed by atoms with Gasteiger partial charge in [0, 0.05) is 15.2 Å². The zero-order chi connectivity index (χ0) is 17.3. The summed E-state index contributed by atoms with van der Waals surface area (Å²) >= 11 is 9.41. The van der Waals surface area contributed by atoms with Crippen LogP contribution in [0.2, 0.25) is 5.02 Å². The van der Waals surface area contributed by atoms with E-state index in [0.29, 0.717) is 22.1 Å². The van der Waals surface area contributed by atoms with E-state index in [1.54, 1.807) is 24.3 Å². The Kier molecular flexibility index (Phi) is 4.78. The fraction of sp³-hybridized carbons (Fsp3) is 0.176. The molecule has 1 aliphatic rings. The number of hydrogen-bond acceptors (Lipinski definition) is 3. The van der Waals surface area contributed by atoms with Gasteiger partial charge >= 0.3 is 0 Å². The molecule has 0 radical (unpaired) electrons. The van der Waals surface area contributed by atoms with E-state index in [0.717, 1.165) is 10.0 Å². The van der Waals surface area contributed by atoms with Crippen LogP contribution in [0, 0.1) is 6.92 Å². The van der Waals surface area contributed by atoms with Gasteiger partial charge in [-0.2, -0.15) is 0 Å². The largest absolute Gasteiger partial charge is 0.482 e. The SMILES string of the molecule is Cc1cc(NC(=O)CN2C(=O)COc3ccc(Cl)cc32)ccc1Br. The Labute approximate surface area is 152 Å². The minimum Gasteiger partial charge on any atom is -0.482 e. The van der Waals surface area contributed by atoms with Crippen LogP contribution in [0.15, 0.2) is 40.9 Å². The monoisotopic (exact) mass is 408 g/mol. The van der Waals surface area contributed by atoms with Crippen LogP contribution in [0.3, 0.4) is 0 Å². The van der Waals surface area contributed by atoms with Crippen molar-refractivity contribution < 1.29 is 14.3 Å². The number of rotatable bonds is 3. The molecule has 3 rings (SSSR count). The highest BCUT2D eigenvalue weighted by atomic mass is 79.9. The van der Waals surface area contributed by atoms with Crippen molar-refractivity contribution in [2.24, 2.45) is 0 Å². The van der Waals surface area contributed by atoms with Crippen molar-refractivity contribution in [3.05, 3.63) is 51.5 Å². The third-order valence-electron chi connectivity index (χ3n) is 3.61. The molecule has 24 heavy (non-hydrogen) atoms. The highest BCUT2D eigenvalue weighted by Gasteiger charge is 2.27. The highest BCUT2D eigenvalue weighted by molar-refractivity contribution is 9.10. The highest BCUT2D eigenvalue weighted by Crippen LogP contribution is 2.34. The lowest BCUT2D eigenvalue weighted by molar-refractivity contribution is -0.123. The Bertz CT molecular complexity index is 825. The lowest BCUT2D eigenvalue weighted by Crippen LogP contribution is -2.43. The number of aryl methyl sites for hydroxylation is 1. The number of nitrogens with one attached hydrogen (secondary N) is 1. The number of nitrogens with zero attached hydrogens (tertiary/aromatic N) is 1. The fourth-order valence-electron chi connectivity index (χ4n) is 2.42. The lowest BCUT2D eigenvalue weighted by atomic mass is 10.2. The summed E-state index contributed by atoms with van der Waals surface area (Å²) in [4.78, 5) is 25.8. The van der Waals surface area contributed by atoms with Crippen molar-refractivity contribution in [1.82, 2.24) is 0 Å². The number of benzene rings is 2. The van der Waals surface area contributed by atoms with Crippen LogP contribution < -0.4 is 15.0 Å². The molecule has 0 spiro atoms. The summed E-state index contributed by atoms with van der Waals surface area (Å²) < 4.78 is 6.33. The van der Waals surface area contributed by atoms with E-state index in [1.165, 1.54) is 4.90 Å². The van der Waals surface area contributed by atoms with Gasteiger partial charge in [-0.3, -0.25) is 14.5 Å². The van der Waals surface area contributed by atoms with E-state index in [-0.39, 0.29) is 25.0 Å². The van der Waals surface area contributed by atoms with Crippen molar-refractivity contribution in [3.63, 3.8) is 0 Å². The van der Waals surface area contributed by atoms with Crippen LogP contribution in [0.25, 0.3) is 0 Å². The van der Waals surface area contributed by atoms with Gasteiger partial charge in [0.05, 0.1) is 5.69 Å². The van der Waals surface area contributed by atoms with Crippen molar-refractivity contribution in [2.75, 3.05) is 23.4 Å². The standard InChI is InChI=1S/C17H14BrClN2O3/c1-10-6-12(3-4-13(10)18)20-16(22)8-21-14-7-11(19)2-5-15(14)24-9-17(21)23/h2-7H,8-9H2,1H3,(H,20,22). The molecule has 0 fully saturated rings. The molecule has 124 valence electrons. The van der Waals surface area contributed by atoms with Crippen LogP contribution >= 0.6 is 27.5 Å². The molecular formula is C17H14BrClN2O3. The van der Waals surface area contributed by atoms with Crippen molar-refractivity contribution in [2.45, 2.75) is 6.92 Å². The molecule has 2 aromatic carbocycles. The molecule has 5 nitrogen and oxygen atoms in total. The first-order chi connectivity index (χ1) is 11.4. The average Bonchev–Trinajstić information content (AvgIpc) is 2.54. The molecule has 0 atom stereocenters. The van der Waals surface area contributed by atoms with E-state index in [1.807, 2.05) is 19.1 Å². The molecule has 7 heteroatoms. The minimum atomic E-state index is -0.294. The maximum atomic E-state index is 12.3. The zero-order valence-corrected chi connectivity index (χ0v) is 15.1. The fourth-order valence-corrected chi connectivity index (χ4v) is 2.83. The molecule has 0 aromatic heterocycles. The van der Waals surface area contributed by atoms with Gasteiger partial charge in [0.1, 0.15) is 12.3 Å². The van der Waals surface area contributed by atoms with Crippen LogP contribution in [-0.2, 0) is 9.59 Å². The lowest BCUT2D eigenvalue weighted by Gasteiger charge is -2.29. The molecule has 1 N–H and O–H groups in total. The summed E-state index contributed by atoms with van der Waals surface area (Å²) in [6.45, 7) is 1.73. The summed E-state index contributed by atoms with van der Waals surface area (Å²) in [6.07, 6.45) is 0. The van der Waals surface area contributed by atoms with Crippen molar-refractivity contribution in [3.8, 4) is 5.75 Å². The normalized spacial score (nSPS) is 13.3. The predicted molar refractivity (Wildman–Crippen MR) is 96.8 cm³/mol. The smallest absolute Gasteiger partial charge is 0.265 e. The number of anilines is 2. The van der Waals surface area contributed by atoms with Crippen LogP contribution in [0.5, 0.6) is 5.75 Å². The second kappa shape index (κ2) is 6.83.